The van der Waals surface area contributed by atoms with E-state index in [4.69, 9.17) is 5.11 Å². The minimum absolute atomic E-state index is 0.348. The number of aryl methyl sites for hydroxylation is 1. The molecule has 0 fully saturated rings. The molecule has 1 aromatic rings. The summed E-state index contributed by atoms with van der Waals surface area (Å²) >= 11 is 0. The Balaban J connectivity index is 2.99. The Labute approximate surface area is 93.0 Å². The zero-order chi connectivity index (χ0) is 12.1. The predicted molar refractivity (Wildman–Crippen MR) is 58.2 cm³/mol. The highest BCUT2D eigenvalue weighted by atomic mass is 16.5. The number of amides is 1. The molecular weight excluding hydrogens is 210 g/mol. The average molecular weight is 223 g/mol. The summed E-state index contributed by atoms with van der Waals surface area (Å²) in [6.07, 6.45) is 0. The molecule has 0 aromatic heterocycles. The normalized spacial score (nSPS) is 9.69. The first-order valence-corrected chi connectivity index (χ1v) is 4.68. The quantitative estimate of drug-likeness (QED) is 0.740. The number of nitrogens with one attached hydrogen (secondary N) is 1. The molecule has 0 unspecified atom stereocenters. The maximum atomic E-state index is 11.2. The van der Waals surface area contributed by atoms with Crippen molar-refractivity contribution in [2.24, 2.45) is 0 Å². The Morgan fingerprint density at radius 2 is 2.12 bits per heavy atom. The van der Waals surface area contributed by atoms with E-state index in [1.165, 1.54) is 13.2 Å². The predicted octanol–water partition coefficient (Wildman–Crippen LogP) is 0.712. The molecule has 2 N–H and O–H groups in total. The molecule has 5 nitrogen and oxygen atoms in total. The zero-order valence-corrected chi connectivity index (χ0v) is 9.11. The fraction of sp³-hybridized carbons (Fsp3) is 0.273. The number of methoxy groups -OCH3 is 1. The monoisotopic (exact) mass is 223 g/mol. The molecule has 0 aliphatic carbocycles. The molecule has 1 aromatic carbocycles. The van der Waals surface area contributed by atoms with Gasteiger partial charge in [-0.2, -0.15) is 0 Å². The van der Waals surface area contributed by atoms with Crippen LogP contribution in [0.4, 0.5) is 5.69 Å². The molecule has 0 atom stereocenters. The van der Waals surface area contributed by atoms with Gasteiger partial charge in [-0.05, 0) is 24.6 Å². The summed E-state index contributed by atoms with van der Waals surface area (Å²) in [6.45, 7) is 1.19. The molecule has 0 saturated heterocycles. The molecule has 0 radical (unpaired) electrons. The number of carbonyl (C=O) groups excluding carboxylic acids is 2. The number of hydrogen-bond acceptors (Lipinski definition) is 4. The van der Waals surface area contributed by atoms with Crippen LogP contribution in [-0.2, 0) is 9.53 Å². The van der Waals surface area contributed by atoms with Crippen molar-refractivity contribution in [3.05, 3.63) is 29.3 Å². The number of rotatable bonds is 3. The SMILES string of the molecule is COC(=O)c1ccc(C)c(NC(=O)CO)c1. The van der Waals surface area contributed by atoms with Gasteiger partial charge >= 0.3 is 5.97 Å². The summed E-state index contributed by atoms with van der Waals surface area (Å²) in [4.78, 5) is 22.3. The number of hydrogen-bond donors (Lipinski definition) is 2. The van der Waals surface area contributed by atoms with Crippen LogP contribution in [0.5, 0.6) is 0 Å². The van der Waals surface area contributed by atoms with Crippen molar-refractivity contribution in [1.29, 1.82) is 0 Å². The summed E-state index contributed by atoms with van der Waals surface area (Å²) in [5.41, 5.74) is 1.64. The second kappa shape index (κ2) is 5.27. The van der Waals surface area contributed by atoms with Crippen LogP contribution in [0, 0.1) is 6.92 Å². The topological polar surface area (TPSA) is 75.6 Å². The lowest BCUT2D eigenvalue weighted by molar-refractivity contribution is -0.118. The van der Waals surface area contributed by atoms with Gasteiger partial charge in [0.05, 0.1) is 12.7 Å². The Morgan fingerprint density at radius 1 is 1.44 bits per heavy atom. The summed E-state index contributed by atoms with van der Waals surface area (Å²) in [7, 11) is 1.29. The third-order valence-corrected chi connectivity index (χ3v) is 2.08. The van der Waals surface area contributed by atoms with Gasteiger partial charge in [0.15, 0.2) is 0 Å². The highest BCUT2D eigenvalue weighted by Crippen LogP contribution is 2.17. The average Bonchev–Trinajstić information content (AvgIpc) is 2.30. The van der Waals surface area contributed by atoms with Crippen molar-refractivity contribution in [3.8, 4) is 0 Å². The van der Waals surface area contributed by atoms with Gasteiger partial charge in [0.25, 0.3) is 0 Å². The summed E-state index contributed by atoms with van der Waals surface area (Å²) < 4.78 is 4.56. The Morgan fingerprint density at radius 3 is 2.69 bits per heavy atom. The number of carbonyl (C=O) groups is 2. The van der Waals surface area contributed by atoms with Crippen molar-refractivity contribution in [3.63, 3.8) is 0 Å². The van der Waals surface area contributed by atoms with Crippen LogP contribution in [0.15, 0.2) is 18.2 Å². The standard InChI is InChI=1S/C11H13NO4/c1-7-3-4-8(11(15)16-2)5-9(7)12-10(14)6-13/h3-5,13H,6H2,1-2H3,(H,12,14). The fourth-order valence-corrected chi connectivity index (χ4v) is 1.19. The summed E-state index contributed by atoms with van der Waals surface area (Å²) in [5, 5.41) is 11.1. The highest BCUT2D eigenvalue weighted by Gasteiger charge is 2.09. The maximum Gasteiger partial charge on any atom is 0.337 e. The van der Waals surface area contributed by atoms with Crippen LogP contribution >= 0.6 is 0 Å². The van der Waals surface area contributed by atoms with Crippen molar-refractivity contribution in [1.82, 2.24) is 0 Å². The van der Waals surface area contributed by atoms with Crippen molar-refractivity contribution in [2.45, 2.75) is 6.92 Å². The first-order valence-electron chi connectivity index (χ1n) is 4.68. The second-order valence-corrected chi connectivity index (χ2v) is 3.23. The second-order valence-electron chi connectivity index (χ2n) is 3.23. The first-order chi connectivity index (χ1) is 7.58. The molecule has 16 heavy (non-hydrogen) atoms. The zero-order valence-electron chi connectivity index (χ0n) is 9.11. The Kier molecular flexibility index (Phi) is 4.02. The molecule has 1 amide bonds. The van der Waals surface area contributed by atoms with Gasteiger partial charge in [-0.3, -0.25) is 4.79 Å². The van der Waals surface area contributed by atoms with Gasteiger partial charge in [-0.1, -0.05) is 6.07 Å². The smallest absolute Gasteiger partial charge is 0.337 e. The van der Waals surface area contributed by atoms with Gasteiger partial charge < -0.3 is 15.2 Å². The molecule has 5 heteroatoms. The minimum atomic E-state index is -0.595. The number of ether oxygens (including phenoxy) is 1. The third kappa shape index (κ3) is 2.80. The molecule has 0 saturated carbocycles. The highest BCUT2D eigenvalue weighted by molar-refractivity contribution is 5.95. The Hall–Kier alpha value is -1.88. The summed E-state index contributed by atoms with van der Waals surface area (Å²) in [5.74, 6) is -0.996. The van der Waals surface area contributed by atoms with Crippen LogP contribution < -0.4 is 5.32 Å². The fourth-order valence-electron chi connectivity index (χ4n) is 1.19. The van der Waals surface area contributed by atoms with E-state index in [1.54, 1.807) is 19.1 Å². The Bertz CT molecular complexity index is 414. The third-order valence-electron chi connectivity index (χ3n) is 2.08. The van der Waals surface area contributed by atoms with Gasteiger partial charge in [-0.15, -0.1) is 0 Å². The van der Waals surface area contributed by atoms with Gasteiger partial charge in [0.1, 0.15) is 6.61 Å². The van der Waals surface area contributed by atoms with E-state index in [0.717, 1.165) is 5.56 Å². The van der Waals surface area contributed by atoms with E-state index in [0.29, 0.717) is 11.3 Å². The lowest BCUT2D eigenvalue weighted by atomic mass is 10.1. The molecular formula is C11H13NO4. The van der Waals surface area contributed by atoms with E-state index in [-0.39, 0.29) is 0 Å². The number of benzene rings is 1. The number of aliphatic hydroxyl groups is 1. The lowest BCUT2D eigenvalue weighted by Crippen LogP contribution is -2.16. The van der Waals surface area contributed by atoms with Gasteiger partial charge in [-0.25, -0.2) is 4.79 Å². The van der Waals surface area contributed by atoms with E-state index in [9.17, 15) is 9.59 Å². The van der Waals surface area contributed by atoms with Gasteiger partial charge in [0.2, 0.25) is 5.91 Å². The number of aliphatic hydroxyl groups excluding tert-OH is 1. The molecule has 0 aliphatic rings. The number of esters is 1. The van der Waals surface area contributed by atoms with Gasteiger partial charge in [0, 0.05) is 5.69 Å². The van der Waals surface area contributed by atoms with E-state index < -0.39 is 18.5 Å². The minimum Gasteiger partial charge on any atom is -0.465 e. The van der Waals surface area contributed by atoms with Crippen molar-refractivity contribution in [2.75, 3.05) is 19.0 Å². The molecule has 0 bridgehead atoms. The van der Waals surface area contributed by atoms with Crippen LogP contribution in [-0.4, -0.2) is 30.7 Å². The largest absolute Gasteiger partial charge is 0.465 e. The van der Waals surface area contributed by atoms with E-state index in [1.807, 2.05) is 0 Å². The van der Waals surface area contributed by atoms with Crippen LogP contribution in [0.25, 0.3) is 0 Å². The maximum absolute atomic E-state index is 11.2. The van der Waals surface area contributed by atoms with E-state index in [2.05, 4.69) is 10.1 Å². The van der Waals surface area contributed by atoms with Crippen LogP contribution in [0.1, 0.15) is 15.9 Å². The first kappa shape index (κ1) is 12.2. The summed E-state index contributed by atoms with van der Waals surface area (Å²) in [6, 6.07) is 4.81. The van der Waals surface area contributed by atoms with Crippen molar-refractivity contribution < 1.29 is 19.4 Å². The van der Waals surface area contributed by atoms with E-state index >= 15 is 0 Å². The molecule has 86 valence electrons. The molecule has 0 spiro atoms. The van der Waals surface area contributed by atoms with Crippen LogP contribution in [0.3, 0.4) is 0 Å². The molecule has 0 heterocycles. The molecule has 1 rings (SSSR count). The molecule has 0 aliphatic heterocycles. The lowest BCUT2D eigenvalue weighted by Gasteiger charge is -2.08. The van der Waals surface area contributed by atoms with Crippen molar-refractivity contribution >= 4 is 17.6 Å². The number of anilines is 1. The van der Waals surface area contributed by atoms with Crippen LogP contribution in [0.2, 0.25) is 0 Å².